The summed E-state index contributed by atoms with van der Waals surface area (Å²) in [6, 6.07) is 0. The zero-order chi connectivity index (χ0) is 8.86. The van der Waals surface area contributed by atoms with Crippen molar-refractivity contribution >= 4 is 0 Å². The number of methoxy groups -OCH3 is 1. The molecule has 1 aliphatic heterocycles. The van der Waals surface area contributed by atoms with Crippen LogP contribution >= 0.6 is 0 Å². The number of hydrogen-bond donors (Lipinski definition) is 1. The highest BCUT2D eigenvalue weighted by atomic mass is 16.7. The molecule has 1 heterocycles. The maximum Gasteiger partial charge on any atom is 0.167 e. The molecule has 3 heteroatoms. The summed E-state index contributed by atoms with van der Waals surface area (Å²) >= 11 is 0. The molecule has 1 unspecified atom stereocenters. The molecule has 2 N–H and O–H groups in total. The molecule has 1 atom stereocenters. The predicted molar refractivity (Wildman–Crippen MR) is 47.8 cm³/mol. The van der Waals surface area contributed by atoms with Gasteiger partial charge in [-0.1, -0.05) is 0 Å². The molecule has 1 fully saturated rings. The smallest absolute Gasteiger partial charge is 0.167 e. The minimum atomic E-state index is -0.308. The fraction of sp³-hybridized carbons (Fsp3) is 1.00. The normalized spacial score (nSPS) is 30.5. The quantitative estimate of drug-likeness (QED) is 0.696. The molecule has 1 saturated heterocycles. The van der Waals surface area contributed by atoms with Crippen molar-refractivity contribution in [3.63, 3.8) is 0 Å². The second-order valence-electron chi connectivity index (χ2n) is 3.31. The Morgan fingerprint density at radius 3 is 2.83 bits per heavy atom. The standard InChI is InChI=1S/C9H19NO2/c1-11-9(6-4-7-10)5-2-3-8-12-9/h2-8,10H2,1H3. The number of ether oxygens (including phenoxy) is 2. The van der Waals surface area contributed by atoms with Gasteiger partial charge in [-0.25, -0.2) is 0 Å². The van der Waals surface area contributed by atoms with E-state index in [1.165, 1.54) is 6.42 Å². The van der Waals surface area contributed by atoms with Crippen LogP contribution in [0.2, 0.25) is 0 Å². The molecule has 0 aromatic carbocycles. The summed E-state index contributed by atoms with van der Waals surface area (Å²) in [5.74, 6) is -0.308. The zero-order valence-electron chi connectivity index (χ0n) is 7.84. The number of hydrogen-bond acceptors (Lipinski definition) is 3. The first-order chi connectivity index (χ1) is 5.83. The second kappa shape index (κ2) is 4.80. The van der Waals surface area contributed by atoms with Gasteiger partial charge < -0.3 is 15.2 Å². The van der Waals surface area contributed by atoms with Gasteiger partial charge in [0.05, 0.1) is 6.61 Å². The Hall–Kier alpha value is -0.120. The van der Waals surface area contributed by atoms with Crippen LogP contribution in [0.5, 0.6) is 0 Å². The van der Waals surface area contributed by atoms with Gasteiger partial charge in [-0.05, 0) is 25.8 Å². The summed E-state index contributed by atoms with van der Waals surface area (Å²) in [6.45, 7) is 1.55. The van der Waals surface area contributed by atoms with Crippen molar-refractivity contribution in [3.05, 3.63) is 0 Å². The molecule has 0 bridgehead atoms. The van der Waals surface area contributed by atoms with E-state index in [4.69, 9.17) is 15.2 Å². The first kappa shape index (κ1) is 9.96. The van der Waals surface area contributed by atoms with Crippen LogP contribution < -0.4 is 5.73 Å². The van der Waals surface area contributed by atoms with Gasteiger partial charge in [-0.3, -0.25) is 0 Å². The molecule has 0 spiro atoms. The highest BCUT2D eigenvalue weighted by Gasteiger charge is 2.31. The average molecular weight is 173 g/mol. The Balaban J connectivity index is 2.37. The molecule has 72 valence electrons. The fourth-order valence-electron chi connectivity index (χ4n) is 1.66. The van der Waals surface area contributed by atoms with Crippen LogP contribution in [-0.2, 0) is 9.47 Å². The van der Waals surface area contributed by atoms with Gasteiger partial charge in [-0.2, -0.15) is 0 Å². The first-order valence-electron chi connectivity index (χ1n) is 4.72. The van der Waals surface area contributed by atoms with E-state index < -0.39 is 0 Å². The third-order valence-corrected chi connectivity index (χ3v) is 2.45. The van der Waals surface area contributed by atoms with E-state index in [-0.39, 0.29) is 5.79 Å². The van der Waals surface area contributed by atoms with Gasteiger partial charge in [-0.15, -0.1) is 0 Å². The number of rotatable bonds is 4. The Kier molecular flexibility index (Phi) is 3.98. The van der Waals surface area contributed by atoms with Gasteiger partial charge >= 0.3 is 0 Å². The lowest BCUT2D eigenvalue weighted by atomic mass is 10.0. The summed E-state index contributed by atoms with van der Waals surface area (Å²) in [7, 11) is 1.72. The van der Waals surface area contributed by atoms with E-state index in [1.807, 2.05) is 0 Å². The van der Waals surface area contributed by atoms with Crippen molar-refractivity contribution in [2.24, 2.45) is 5.73 Å². The molecule has 12 heavy (non-hydrogen) atoms. The fourth-order valence-corrected chi connectivity index (χ4v) is 1.66. The lowest BCUT2D eigenvalue weighted by Gasteiger charge is -2.35. The summed E-state index contributed by atoms with van der Waals surface area (Å²) in [5.41, 5.74) is 5.45. The van der Waals surface area contributed by atoms with E-state index in [1.54, 1.807) is 7.11 Å². The van der Waals surface area contributed by atoms with Crippen molar-refractivity contribution in [3.8, 4) is 0 Å². The Labute approximate surface area is 74.2 Å². The SMILES string of the molecule is COC1(CCCN)CCCCO1. The van der Waals surface area contributed by atoms with Gasteiger partial charge in [0.15, 0.2) is 5.79 Å². The third-order valence-electron chi connectivity index (χ3n) is 2.45. The Morgan fingerprint density at radius 2 is 2.33 bits per heavy atom. The van der Waals surface area contributed by atoms with Crippen LogP contribution in [0.3, 0.4) is 0 Å². The van der Waals surface area contributed by atoms with Crippen LogP contribution in [0.25, 0.3) is 0 Å². The van der Waals surface area contributed by atoms with Crippen LogP contribution in [0.15, 0.2) is 0 Å². The van der Waals surface area contributed by atoms with Crippen molar-refractivity contribution in [1.82, 2.24) is 0 Å². The third kappa shape index (κ3) is 2.44. The molecule has 1 aliphatic rings. The molecule has 0 aliphatic carbocycles. The van der Waals surface area contributed by atoms with Crippen molar-refractivity contribution in [2.45, 2.75) is 37.9 Å². The van der Waals surface area contributed by atoms with Crippen LogP contribution in [0, 0.1) is 0 Å². The zero-order valence-corrected chi connectivity index (χ0v) is 7.84. The molecule has 1 rings (SSSR count). The van der Waals surface area contributed by atoms with E-state index >= 15 is 0 Å². The summed E-state index contributed by atoms with van der Waals surface area (Å²) in [5, 5.41) is 0. The lowest BCUT2D eigenvalue weighted by molar-refractivity contribution is -0.245. The monoisotopic (exact) mass is 173 g/mol. The molecule has 0 saturated carbocycles. The van der Waals surface area contributed by atoms with Crippen LogP contribution in [0.1, 0.15) is 32.1 Å². The van der Waals surface area contributed by atoms with Crippen LogP contribution in [-0.4, -0.2) is 26.0 Å². The Bertz CT molecular complexity index is 122. The van der Waals surface area contributed by atoms with Gasteiger partial charge in [0.1, 0.15) is 0 Å². The maximum atomic E-state index is 5.64. The highest BCUT2D eigenvalue weighted by molar-refractivity contribution is 4.73. The van der Waals surface area contributed by atoms with Crippen LogP contribution in [0.4, 0.5) is 0 Å². The molecule has 0 aromatic heterocycles. The molecule has 0 aromatic rings. The molecule has 0 radical (unpaired) electrons. The first-order valence-corrected chi connectivity index (χ1v) is 4.72. The van der Waals surface area contributed by atoms with Crippen molar-refractivity contribution in [2.75, 3.05) is 20.3 Å². The van der Waals surface area contributed by atoms with E-state index in [2.05, 4.69) is 0 Å². The second-order valence-corrected chi connectivity index (χ2v) is 3.31. The molecular formula is C9H19NO2. The van der Waals surface area contributed by atoms with Gasteiger partial charge in [0.2, 0.25) is 0 Å². The highest BCUT2D eigenvalue weighted by Crippen LogP contribution is 2.29. The largest absolute Gasteiger partial charge is 0.353 e. The molecule has 3 nitrogen and oxygen atoms in total. The number of nitrogens with two attached hydrogens (primary N) is 1. The molecular weight excluding hydrogens is 154 g/mol. The summed E-state index contributed by atoms with van der Waals surface area (Å²) < 4.78 is 11.0. The van der Waals surface area contributed by atoms with Gasteiger partial charge in [0, 0.05) is 20.0 Å². The van der Waals surface area contributed by atoms with E-state index in [0.29, 0.717) is 6.54 Å². The van der Waals surface area contributed by atoms with Gasteiger partial charge in [0.25, 0.3) is 0 Å². The maximum absolute atomic E-state index is 5.64. The predicted octanol–water partition coefficient (Wildman–Crippen LogP) is 1.27. The van der Waals surface area contributed by atoms with E-state index in [9.17, 15) is 0 Å². The van der Waals surface area contributed by atoms with E-state index in [0.717, 1.165) is 32.3 Å². The Morgan fingerprint density at radius 1 is 1.50 bits per heavy atom. The topological polar surface area (TPSA) is 44.5 Å². The average Bonchev–Trinajstić information content (AvgIpc) is 2.16. The minimum absolute atomic E-state index is 0.308. The summed E-state index contributed by atoms with van der Waals surface area (Å²) in [4.78, 5) is 0. The van der Waals surface area contributed by atoms with Crippen molar-refractivity contribution in [1.29, 1.82) is 0 Å². The minimum Gasteiger partial charge on any atom is -0.353 e. The van der Waals surface area contributed by atoms with Crippen molar-refractivity contribution < 1.29 is 9.47 Å². The summed E-state index contributed by atoms with van der Waals surface area (Å²) in [6.07, 6.45) is 5.30. The molecule has 0 amide bonds. The lowest BCUT2D eigenvalue weighted by Crippen LogP contribution is -2.38.